The molecule has 1 aromatic heterocycles. The molecule has 2 aromatic carbocycles. The van der Waals surface area contributed by atoms with Crippen molar-refractivity contribution in [3.8, 4) is 0 Å². The maximum atomic E-state index is 13.3. The van der Waals surface area contributed by atoms with Gasteiger partial charge in [-0.25, -0.2) is 0 Å². The molecular weight excluding hydrogens is 469 g/mol. The van der Waals surface area contributed by atoms with E-state index < -0.39 is 17.6 Å². The van der Waals surface area contributed by atoms with Crippen LogP contribution in [0.4, 0.5) is 13.2 Å². The highest BCUT2D eigenvalue weighted by atomic mass is 19.4. The highest BCUT2D eigenvalue weighted by Gasteiger charge is 2.35. The van der Waals surface area contributed by atoms with Crippen LogP contribution in [0.3, 0.4) is 0 Å². The van der Waals surface area contributed by atoms with Crippen molar-refractivity contribution in [2.45, 2.75) is 38.4 Å². The van der Waals surface area contributed by atoms with Gasteiger partial charge < -0.3 is 14.2 Å². The summed E-state index contributed by atoms with van der Waals surface area (Å²) in [6.07, 6.45) is -1.06. The number of hydrogen-bond acceptors (Lipinski definition) is 3. The second-order valence-corrected chi connectivity index (χ2v) is 9.27. The molecule has 1 fully saturated rings. The molecule has 36 heavy (non-hydrogen) atoms. The Kier molecular flexibility index (Phi) is 7.52. The van der Waals surface area contributed by atoms with Crippen LogP contribution >= 0.6 is 0 Å². The van der Waals surface area contributed by atoms with E-state index in [0.29, 0.717) is 43.7 Å². The maximum absolute atomic E-state index is 13.3. The molecule has 1 saturated heterocycles. The van der Waals surface area contributed by atoms with Gasteiger partial charge in [0.05, 0.1) is 17.4 Å². The highest BCUT2D eigenvalue weighted by Crippen LogP contribution is 2.31. The zero-order valence-corrected chi connectivity index (χ0v) is 20.3. The lowest BCUT2D eigenvalue weighted by Gasteiger charge is -2.40. The number of amides is 2. The van der Waals surface area contributed by atoms with Crippen molar-refractivity contribution in [1.82, 2.24) is 9.80 Å². The SMILES string of the molecule is Cc1occc1C(=O)N(C)C(Cc1ccccc1)C1CCN(C(=O)c2cccc(C(F)(F)F)c2)CC1. The number of aryl methyl sites for hydroxylation is 1. The van der Waals surface area contributed by atoms with Gasteiger partial charge in [-0.2, -0.15) is 13.2 Å². The molecule has 0 N–H and O–H groups in total. The molecule has 190 valence electrons. The van der Waals surface area contributed by atoms with E-state index in [4.69, 9.17) is 4.42 Å². The molecule has 0 bridgehead atoms. The van der Waals surface area contributed by atoms with Crippen LogP contribution in [0.5, 0.6) is 0 Å². The number of carbonyl (C=O) groups excluding carboxylic acids is 2. The third kappa shape index (κ3) is 5.64. The number of halogens is 3. The first-order chi connectivity index (χ1) is 17.1. The second-order valence-electron chi connectivity index (χ2n) is 9.27. The van der Waals surface area contributed by atoms with E-state index in [-0.39, 0.29) is 23.4 Å². The zero-order chi connectivity index (χ0) is 25.9. The molecule has 1 atom stereocenters. The van der Waals surface area contributed by atoms with Gasteiger partial charge in [-0.3, -0.25) is 9.59 Å². The summed E-state index contributed by atoms with van der Waals surface area (Å²) in [6.45, 7) is 2.58. The normalized spacial score (nSPS) is 15.5. The van der Waals surface area contributed by atoms with Gasteiger partial charge in [0.15, 0.2) is 0 Å². The van der Waals surface area contributed by atoms with Crippen LogP contribution in [0, 0.1) is 12.8 Å². The van der Waals surface area contributed by atoms with Gasteiger partial charge >= 0.3 is 6.18 Å². The fourth-order valence-corrected chi connectivity index (χ4v) is 4.92. The number of likely N-dealkylation sites (N-methyl/N-ethyl adjacent to an activating group) is 1. The number of furan rings is 1. The zero-order valence-electron chi connectivity index (χ0n) is 20.3. The van der Waals surface area contributed by atoms with Gasteiger partial charge in [0, 0.05) is 31.7 Å². The van der Waals surface area contributed by atoms with Crippen LogP contribution in [-0.4, -0.2) is 47.8 Å². The van der Waals surface area contributed by atoms with E-state index in [1.165, 1.54) is 18.4 Å². The van der Waals surface area contributed by atoms with Crippen molar-refractivity contribution in [1.29, 1.82) is 0 Å². The van der Waals surface area contributed by atoms with E-state index in [0.717, 1.165) is 17.7 Å². The quantitative estimate of drug-likeness (QED) is 0.429. The Bertz CT molecular complexity index is 1200. The second kappa shape index (κ2) is 10.6. The predicted molar refractivity (Wildman–Crippen MR) is 130 cm³/mol. The standard InChI is InChI=1S/C28H29F3N2O3/c1-19-24(13-16-36-19)27(35)32(2)25(17-20-7-4-3-5-8-20)21-11-14-33(15-12-21)26(34)22-9-6-10-23(18-22)28(29,30)31/h3-10,13,16,18,21,25H,11-12,14-15,17H2,1-2H3. The van der Waals surface area contributed by atoms with E-state index >= 15 is 0 Å². The number of hydrogen-bond donors (Lipinski definition) is 0. The average molecular weight is 499 g/mol. The number of piperidine rings is 1. The summed E-state index contributed by atoms with van der Waals surface area (Å²) in [7, 11) is 1.79. The van der Waals surface area contributed by atoms with Gasteiger partial charge in [0.25, 0.3) is 11.8 Å². The fraction of sp³-hybridized carbons (Fsp3) is 0.357. The van der Waals surface area contributed by atoms with Gasteiger partial charge in [-0.1, -0.05) is 36.4 Å². The van der Waals surface area contributed by atoms with Crippen LogP contribution < -0.4 is 0 Å². The minimum Gasteiger partial charge on any atom is -0.469 e. The summed E-state index contributed by atoms with van der Waals surface area (Å²) >= 11 is 0. The van der Waals surface area contributed by atoms with Gasteiger partial charge in [0.2, 0.25) is 0 Å². The van der Waals surface area contributed by atoms with Crippen molar-refractivity contribution in [3.63, 3.8) is 0 Å². The molecule has 0 spiro atoms. The van der Waals surface area contributed by atoms with Crippen LogP contribution in [-0.2, 0) is 12.6 Å². The van der Waals surface area contributed by atoms with Gasteiger partial charge in [0.1, 0.15) is 5.76 Å². The largest absolute Gasteiger partial charge is 0.469 e. The topological polar surface area (TPSA) is 53.8 Å². The Morgan fingerprint density at radius 3 is 2.36 bits per heavy atom. The van der Waals surface area contributed by atoms with Crippen molar-refractivity contribution in [2.24, 2.45) is 5.92 Å². The summed E-state index contributed by atoms with van der Waals surface area (Å²) in [5.41, 5.74) is 0.828. The molecule has 0 aliphatic carbocycles. The van der Waals surface area contributed by atoms with E-state index in [1.54, 1.807) is 29.8 Å². The van der Waals surface area contributed by atoms with Crippen molar-refractivity contribution in [3.05, 3.63) is 94.9 Å². The lowest BCUT2D eigenvalue weighted by Crippen LogP contribution is -2.48. The summed E-state index contributed by atoms with van der Waals surface area (Å²) in [5, 5.41) is 0. The minimum absolute atomic E-state index is 0.0341. The molecule has 2 heterocycles. The van der Waals surface area contributed by atoms with Crippen LogP contribution in [0.2, 0.25) is 0 Å². The lowest BCUT2D eigenvalue weighted by atomic mass is 9.84. The van der Waals surface area contributed by atoms with Crippen molar-refractivity contribution >= 4 is 11.8 Å². The van der Waals surface area contributed by atoms with E-state index in [2.05, 4.69) is 0 Å². The molecule has 1 aliphatic rings. The summed E-state index contributed by atoms with van der Waals surface area (Å²) in [5.74, 6) is 0.158. The number of rotatable bonds is 6. The third-order valence-electron chi connectivity index (χ3n) is 7.00. The molecule has 1 aliphatic heterocycles. The first-order valence-electron chi connectivity index (χ1n) is 12.0. The molecule has 8 heteroatoms. The van der Waals surface area contributed by atoms with Gasteiger partial charge in [-0.15, -0.1) is 0 Å². The Morgan fingerprint density at radius 1 is 1.06 bits per heavy atom. The molecule has 3 aromatic rings. The first-order valence-corrected chi connectivity index (χ1v) is 12.0. The Balaban J connectivity index is 1.49. The van der Waals surface area contributed by atoms with Crippen LogP contribution in [0.1, 0.15) is 50.4 Å². The molecule has 0 saturated carbocycles. The van der Waals surface area contributed by atoms with Gasteiger partial charge in [-0.05, 0) is 61.9 Å². The number of alkyl halides is 3. The predicted octanol–water partition coefficient (Wildman–Crippen LogP) is 5.84. The van der Waals surface area contributed by atoms with Crippen molar-refractivity contribution in [2.75, 3.05) is 20.1 Å². The molecule has 0 radical (unpaired) electrons. The molecule has 5 nitrogen and oxygen atoms in total. The molecule has 2 amide bonds. The summed E-state index contributed by atoms with van der Waals surface area (Å²) < 4.78 is 44.6. The molecule has 4 rings (SSSR count). The van der Waals surface area contributed by atoms with Crippen molar-refractivity contribution < 1.29 is 27.2 Å². The first kappa shape index (κ1) is 25.5. The fourth-order valence-electron chi connectivity index (χ4n) is 4.92. The van der Waals surface area contributed by atoms with Crippen LogP contribution in [0.25, 0.3) is 0 Å². The average Bonchev–Trinajstić information content (AvgIpc) is 3.32. The molecule has 1 unspecified atom stereocenters. The van der Waals surface area contributed by atoms with E-state index in [1.807, 2.05) is 30.3 Å². The highest BCUT2D eigenvalue weighted by molar-refractivity contribution is 5.95. The molecular formula is C28H29F3N2O3. The lowest BCUT2D eigenvalue weighted by molar-refractivity contribution is -0.137. The maximum Gasteiger partial charge on any atom is 0.416 e. The summed E-state index contributed by atoms with van der Waals surface area (Å²) in [6, 6.07) is 16.0. The number of carbonyl (C=O) groups is 2. The Hall–Kier alpha value is -3.55. The third-order valence-corrected chi connectivity index (χ3v) is 7.00. The summed E-state index contributed by atoms with van der Waals surface area (Å²) in [4.78, 5) is 29.6. The van der Waals surface area contributed by atoms with E-state index in [9.17, 15) is 22.8 Å². The number of likely N-dealkylation sites (tertiary alicyclic amines) is 1. The smallest absolute Gasteiger partial charge is 0.416 e. The Labute approximate surface area is 208 Å². The van der Waals surface area contributed by atoms with Crippen LogP contribution in [0.15, 0.2) is 71.3 Å². The minimum atomic E-state index is -4.50. The number of benzene rings is 2. The monoisotopic (exact) mass is 498 g/mol. The Morgan fingerprint density at radius 2 is 1.75 bits per heavy atom. The number of nitrogens with zero attached hydrogens (tertiary/aromatic N) is 2.